The molecule has 3 heterocycles. The summed E-state index contributed by atoms with van der Waals surface area (Å²) in [5.41, 5.74) is -0.0331. The zero-order valence-corrected chi connectivity index (χ0v) is 21.2. The molecule has 0 aliphatic carbocycles. The highest BCUT2D eigenvalue weighted by molar-refractivity contribution is 7.13. The van der Waals surface area contributed by atoms with Crippen LogP contribution < -0.4 is 0 Å². The molecule has 0 spiro atoms. The molecule has 0 bridgehead atoms. The van der Waals surface area contributed by atoms with Crippen molar-refractivity contribution < 1.29 is 18.7 Å². The minimum Gasteiger partial charge on any atom is -0.444 e. The van der Waals surface area contributed by atoms with Crippen LogP contribution in [0, 0.1) is 11.7 Å². The first-order valence-electron chi connectivity index (χ1n) is 11.6. The van der Waals surface area contributed by atoms with Gasteiger partial charge in [0, 0.05) is 26.7 Å². The van der Waals surface area contributed by atoms with E-state index in [-0.39, 0.29) is 29.6 Å². The average Bonchev–Trinajstić information content (AvgIpc) is 3.48. The van der Waals surface area contributed by atoms with Gasteiger partial charge in [0.2, 0.25) is 5.82 Å². The fourth-order valence-corrected chi connectivity index (χ4v) is 4.72. The van der Waals surface area contributed by atoms with Crippen molar-refractivity contribution in [2.45, 2.75) is 39.2 Å². The van der Waals surface area contributed by atoms with Crippen LogP contribution in [0.4, 0.5) is 9.18 Å². The molecular formula is C25H30FN5O3S. The Morgan fingerprint density at radius 1 is 1.20 bits per heavy atom. The van der Waals surface area contributed by atoms with Gasteiger partial charge in [-0.05, 0) is 69.2 Å². The minimum atomic E-state index is -0.537. The van der Waals surface area contributed by atoms with Crippen molar-refractivity contribution in [3.05, 3.63) is 53.4 Å². The van der Waals surface area contributed by atoms with Crippen LogP contribution in [0.15, 0.2) is 41.8 Å². The summed E-state index contributed by atoms with van der Waals surface area (Å²) in [6.07, 6.45) is 1.19. The largest absolute Gasteiger partial charge is 0.444 e. The van der Waals surface area contributed by atoms with Gasteiger partial charge in [-0.25, -0.2) is 18.9 Å². The van der Waals surface area contributed by atoms with Crippen LogP contribution in [0.3, 0.4) is 0 Å². The van der Waals surface area contributed by atoms with Crippen LogP contribution in [0.25, 0.3) is 16.4 Å². The van der Waals surface area contributed by atoms with Gasteiger partial charge in [0.25, 0.3) is 5.91 Å². The topological polar surface area (TPSA) is 80.6 Å². The van der Waals surface area contributed by atoms with Gasteiger partial charge in [0.05, 0.1) is 10.6 Å². The standard InChI is InChI=1S/C25H30FN5O3S/c1-25(2,3)34-24(33)29(4)16-17-10-12-30(13-11-17)23(32)21-27-22(20-9-6-14-35-20)31(28-21)19-8-5-7-18(26)15-19/h5-9,14-15,17H,10-13,16H2,1-4H3. The lowest BCUT2D eigenvalue weighted by Gasteiger charge is -2.33. The number of ether oxygens (including phenoxy) is 1. The molecule has 0 saturated carbocycles. The number of nitrogens with zero attached hydrogens (tertiary/aromatic N) is 5. The lowest BCUT2D eigenvalue weighted by atomic mass is 9.96. The van der Waals surface area contributed by atoms with E-state index in [0.29, 0.717) is 31.1 Å². The Balaban J connectivity index is 1.44. The number of piperidine rings is 1. The summed E-state index contributed by atoms with van der Waals surface area (Å²) >= 11 is 1.48. The van der Waals surface area contributed by atoms with Gasteiger partial charge < -0.3 is 14.5 Å². The fraction of sp³-hybridized carbons (Fsp3) is 0.440. The Bertz CT molecular complexity index is 1180. The summed E-state index contributed by atoms with van der Waals surface area (Å²) in [4.78, 5) is 34.2. The lowest BCUT2D eigenvalue weighted by Crippen LogP contribution is -2.43. The Morgan fingerprint density at radius 3 is 2.57 bits per heavy atom. The zero-order valence-electron chi connectivity index (χ0n) is 20.4. The molecule has 0 radical (unpaired) electrons. The molecule has 35 heavy (non-hydrogen) atoms. The van der Waals surface area contributed by atoms with Crippen LogP contribution >= 0.6 is 11.3 Å². The second kappa shape index (κ2) is 10.2. The number of carbonyl (C=O) groups is 2. The van der Waals surface area contributed by atoms with Gasteiger partial charge in [-0.3, -0.25) is 4.79 Å². The SMILES string of the molecule is CN(CC1CCN(C(=O)c2nc(-c3cccs3)n(-c3cccc(F)c3)n2)CC1)C(=O)OC(C)(C)C. The number of likely N-dealkylation sites (tertiary alicyclic amines) is 1. The van der Waals surface area contributed by atoms with E-state index in [4.69, 9.17) is 4.74 Å². The summed E-state index contributed by atoms with van der Waals surface area (Å²) in [6, 6.07) is 9.85. The fourth-order valence-electron chi connectivity index (χ4n) is 4.02. The maximum absolute atomic E-state index is 13.9. The monoisotopic (exact) mass is 499 g/mol. The molecular weight excluding hydrogens is 469 g/mol. The minimum absolute atomic E-state index is 0.0852. The summed E-state index contributed by atoms with van der Waals surface area (Å²) in [6.45, 7) is 7.21. The number of thiophene rings is 1. The molecule has 0 unspecified atom stereocenters. The maximum Gasteiger partial charge on any atom is 0.410 e. The number of hydrogen-bond donors (Lipinski definition) is 0. The zero-order chi connectivity index (χ0) is 25.2. The first-order valence-corrected chi connectivity index (χ1v) is 12.5. The van der Waals surface area contributed by atoms with Crippen molar-refractivity contribution in [1.29, 1.82) is 0 Å². The van der Waals surface area contributed by atoms with E-state index in [2.05, 4.69) is 10.1 Å². The van der Waals surface area contributed by atoms with E-state index >= 15 is 0 Å². The summed E-state index contributed by atoms with van der Waals surface area (Å²) in [5, 5.41) is 6.38. The first-order chi connectivity index (χ1) is 16.6. The van der Waals surface area contributed by atoms with E-state index < -0.39 is 5.60 Å². The molecule has 0 atom stereocenters. The van der Waals surface area contributed by atoms with E-state index in [1.807, 2.05) is 38.3 Å². The summed E-state index contributed by atoms with van der Waals surface area (Å²) in [5.74, 6) is 0.221. The molecule has 2 amide bonds. The normalized spacial score (nSPS) is 14.7. The van der Waals surface area contributed by atoms with Crippen LogP contribution in [0.2, 0.25) is 0 Å². The van der Waals surface area contributed by atoms with E-state index in [0.717, 1.165) is 17.7 Å². The molecule has 186 valence electrons. The third kappa shape index (κ3) is 6.05. The molecule has 1 aromatic carbocycles. The van der Waals surface area contributed by atoms with Crippen LogP contribution in [0.5, 0.6) is 0 Å². The van der Waals surface area contributed by atoms with Gasteiger partial charge in [-0.2, -0.15) is 0 Å². The highest BCUT2D eigenvalue weighted by atomic mass is 32.1. The number of aromatic nitrogens is 3. The molecule has 3 aromatic rings. The van der Waals surface area contributed by atoms with E-state index in [9.17, 15) is 14.0 Å². The Kier molecular flexibility index (Phi) is 7.20. The summed E-state index contributed by atoms with van der Waals surface area (Å²) < 4.78 is 20.8. The Hall–Kier alpha value is -3.27. The smallest absolute Gasteiger partial charge is 0.410 e. The molecule has 10 heteroatoms. The summed E-state index contributed by atoms with van der Waals surface area (Å²) in [7, 11) is 1.74. The maximum atomic E-state index is 13.9. The van der Waals surface area contributed by atoms with Gasteiger partial charge >= 0.3 is 6.09 Å². The highest BCUT2D eigenvalue weighted by Crippen LogP contribution is 2.27. The molecule has 8 nitrogen and oxygen atoms in total. The second-order valence-corrected chi connectivity index (χ2v) is 10.7. The number of halogens is 1. The van der Waals surface area contributed by atoms with Crippen molar-refractivity contribution in [2.75, 3.05) is 26.7 Å². The van der Waals surface area contributed by atoms with Crippen molar-refractivity contribution in [3.8, 4) is 16.4 Å². The number of amides is 2. The predicted molar refractivity (Wildman–Crippen MR) is 132 cm³/mol. The number of carbonyl (C=O) groups excluding carboxylic acids is 2. The Labute approximate surface area is 208 Å². The molecule has 1 aliphatic heterocycles. The third-order valence-electron chi connectivity index (χ3n) is 5.73. The third-order valence-corrected chi connectivity index (χ3v) is 6.60. The number of benzene rings is 1. The van der Waals surface area contributed by atoms with Gasteiger partial charge in [0.15, 0.2) is 5.82 Å². The number of rotatable bonds is 5. The van der Waals surface area contributed by atoms with Gasteiger partial charge in [0.1, 0.15) is 11.4 Å². The quantitative estimate of drug-likeness (QED) is 0.501. The van der Waals surface area contributed by atoms with Crippen LogP contribution in [0.1, 0.15) is 44.2 Å². The van der Waals surface area contributed by atoms with Gasteiger partial charge in [-0.15, -0.1) is 16.4 Å². The van der Waals surface area contributed by atoms with Crippen LogP contribution in [-0.2, 0) is 4.74 Å². The number of hydrogen-bond acceptors (Lipinski definition) is 6. The van der Waals surface area contributed by atoms with E-state index in [1.54, 1.807) is 29.0 Å². The molecule has 4 rings (SSSR count). The van der Waals surface area contributed by atoms with Crippen molar-refractivity contribution in [2.24, 2.45) is 5.92 Å². The second-order valence-electron chi connectivity index (χ2n) is 9.72. The first kappa shape index (κ1) is 24.8. The average molecular weight is 500 g/mol. The molecule has 1 fully saturated rings. The molecule has 0 N–H and O–H groups in total. The molecule has 2 aromatic heterocycles. The predicted octanol–water partition coefficient (Wildman–Crippen LogP) is 4.85. The lowest BCUT2D eigenvalue weighted by molar-refractivity contribution is 0.0245. The Morgan fingerprint density at radius 2 is 1.94 bits per heavy atom. The molecule has 1 saturated heterocycles. The van der Waals surface area contributed by atoms with Crippen molar-refractivity contribution in [3.63, 3.8) is 0 Å². The van der Waals surface area contributed by atoms with Crippen LogP contribution in [-0.4, -0.2) is 68.8 Å². The highest BCUT2D eigenvalue weighted by Gasteiger charge is 2.29. The van der Waals surface area contributed by atoms with Gasteiger partial charge in [-0.1, -0.05) is 12.1 Å². The molecule has 1 aliphatic rings. The van der Waals surface area contributed by atoms with Crippen molar-refractivity contribution in [1.82, 2.24) is 24.6 Å². The van der Waals surface area contributed by atoms with Crippen molar-refractivity contribution >= 4 is 23.3 Å². The van der Waals surface area contributed by atoms with E-state index in [1.165, 1.54) is 28.2 Å².